The lowest BCUT2D eigenvalue weighted by molar-refractivity contribution is 0.102. The van der Waals surface area contributed by atoms with Crippen LogP contribution in [0, 0.1) is 25.2 Å². The van der Waals surface area contributed by atoms with Gasteiger partial charge in [0.15, 0.2) is 0 Å². The van der Waals surface area contributed by atoms with Gasteiger partial charge in [-0.2, -0.15) is 21.7 Å². The Hall–Kier alpha value is -3.24. The number of hydrogen-bond acceptors (Lipinski definition) is 6. The molecule has 0 aliphatic carbocycles. The minimum absolute atomic E-state index is 0.165. The molecule has 0 unspecified atom stereocenters. The lowest BCUT2D eigenvalue weighted by atomic mass is 10.1. The molecule has 3 aromatic rings. The van der Waals surface area contributed by atoms with Gasteiger partial charge in [-0.25, -0.2) is 0 Å². The van der Waals surface area contributed by atoms with E-state index in [1.807, 2.05) is 5.38 Å². The zero-order valence-corrected chi connectivity index (χ0v) is 14.4. The average Bonchev–Trinajstić information content (AvgIpc) is 3.15. The fourth-order valence-corrected chi connectivity index (χ4v) is 2.74. The van der Waals surface area contributed by atoms with E-state index in [9.17, 15) is 10.1 Å². The van der Waals surface area contributed by atoms with Crippen LogP contribution in [0.3, 0.4) is 0 Å². The topological polar surface area (TPSA) is 87.9 Å². The molecular weight excluding hydrogens is 336 g/mol. The van der Waals surface area contributed by atoms with Crippen molar-refractivity contribution in [2.45, 2.75) is 13.8 Å². The van der Waals surface area contributed by atoms with Crippen LogP contribution in [0.4, 0.5) is 5.69 Å². The molecule has 124 valence electrons. The molecule has 1 aromatic carbocycles. The molecule has 0 saturated carbocycles. The Balaban J connectivity index is 1.75. The number of anilines is 1. The summed E-state index contributed by atoms with van der Waals surface area (Å²) >= 11 is 1.47. The molecule has 2 heterocycles. The van der Waals surface area contributed by atoms with Gasteiger partial charge in [-0.3, -0.25) is 4.79 Å². The highest BCUT2D eigenvalue weighted by Crippen LogP contribution is 2.26. The van der Waals surface area contributed by atoms with Crippen molar-refractivity contribution in [2.75, 3.05) is 5.32 Å². The van der Waals surface area contributed by atoms with E-state index in [-0.39, 0.29) is 11.8 Å². The van der Waals surface area contributed by atoms with Gasteiger partial charge in [-0.05, 0) is 55.1 Å². The van der Waals surface area contributed by atoms with Crippen LogP contribution in [-0.2, 0) is 0 Å². The standard InChI is InChI=1S/C18H14N4O2S/c1-11-12(2)21-22-18(16(11)9-19)24-15-5-3-14(4-6-15)20-17(23)13-7-8-25-10-13/h3-8,10H,1-2H3,(H,20,23). The second kappa shape index (κ2) is 7.11. The first-order valence-corrected chi connectivity index (χ1v) is 8.38. The zero-order chi connectivity index (χ0) is 17.8. The number of nitrogens with one attached hydrogen (secondary N) is 1. The molecular formula is C18H14N4O2S. The second-order valence-corrected chi connectivity index (χ2v) is 6.07. The minimum atomic E-state index is -0.165. The van der Waals surface area contributed by atoms with Gasteiger partial charge in [-0.15, -0.1) is 5.10 Å². The van der Waals surface area contributed by atoms with E-state index in [0.29, 0.717) is 28.3 Å². The summed E-state index contributed by atoms with van der Waals surface area (Å²) in [4.78, 5) is 12.0. The summed E-state index contributed by atoms with van der Waals surface area (Å²) in [6.07, 6.45) is 0. The van der Waals surface area contributed by atoms with Gasteiger partial charge in [0, 0.05) is 11.1 Å². The molecule has 0 radical (unpaired) electrons. The third kappa shape index (κ3) is 3.65. The van der Waals surface area contributed by atoms with Crippen LogP contribution in [0.25, 0.3) is 0 Å². The fraction of sp³-hybridized carbons (Fsp3) is 0.111. The Kier molecular flexibility index (Phi) is 4.73. The average molecular weight is 350 g/mol. The van der Waals surface area contributed by atoms with Crippen molar-refractivity contribution in [1.29, 1.82) is 5.26 Å². The molecule has 6 nitrogen and oxygen atoms in total. The summed E-state index contributed by atoms with van der Waals surface area (Å²) < 4.78 is 5.66. The smallest absolute Gasteiger partial charge is 0.257 e. The highest BCUT2D eigenvalue weighted by Gasteiger charge is 2.13. The maximum absolute atomic E-state index is 12.0. The molecule has 25 heavy (non-hydrogen) atoms. The van der Waals surface area contributed by atoms with E-state index in [2.05, 4.69) is 21.6 Å². The van der Waals surface area contributed by atoms with Gasteiger partial charge in [0.05, 0.1) is 11.3 Å². The number of nitriles is 1. The van der Waals surface area contributed by atoms with Crippen LogP contribution < -0.4 is 10.1 Å². The van der Waals surface area contributed by atoms with Crippen molar-refractivity contribution in [2.24, 2.45) is 0 Å². The number of nitrogens with zero attached hydrogens (tertiary/aromatic N) is 3. The van der Waals surface area contributed by atoms with E-state index in [1.165, 1.54) is 11.3 Å². The number of rotatable bonds is 4. The fourth-order valence-electron chi connectivity index (χ4n) is 2.10. The minimum Gasteiger partial charge on any atom is -0.437 e. The molecule has 0 aliphatic heterocycles. The lowest BCUT2D eigenvalue weighted by Gasteiger charge is -2.09. The van der Waals surface area contributed by atoms with Gasteiger partial charge < -0.3 is 10.1 Å². The predicted molar refractivity (Wildman–Crippen MR) is 95.0 cm³/mol. The number of aryl methyl sites for hydroxylation is 1. The summed E-state index contributed by atoms with van der Waals surface area (Å²) in [5.74, 6) is 0.505. The van der Waals surface area contributed by atoms with E-state index in [4.69, 9.17) is 4.74 Å². The number of benzene rings is 1. The molecule has 2 aromatic heterocycles. The number of carbonyl (C=O) groups excluding carboxylic acids is 1. The SMILES string of the molecule is Cc1nnc(Oc2ccc(NC(=O)c3ccsc3)cc2)c(C#N)c1C. The highest BCUT2D eigenvalue weighted by molar-refractivity contribution is 7.08. The first-order valence-electron chi connectivity index (χ1n) is 7.44. The summed E-state index contributed by atoms with van der Waals surface area (Å²) in [5.41, 5.74) is 3.06. The second-order valence-electron chi connectivity index (χ2n) is 5.29. The molecule has 1 amide bonds. The number of amides is 1. The van der Waals surface area contributed by atoms with Crippen LogP contribution in [0.15, 0.2) is 41.1 Å². The Labute approximate surface area is 148 Å². The molecule has 0 atom stereocenters. The molecule has 0 bridgehead atoms. The number of thiophene rings is 1. The third-order valence-electron chi connectivity index (χ3n) is 3.64. The first kappa shape index (κ1) is 16.6. The van der Waals surface area contributed by atoms with Gasteiger partial charge in [-0.1, -0.05) is 0 Å². The van der Waals surface area contributed by atoms with Crippen molar-refractivity contribution in [3.63, 3.8) is 0 Å². The van der Waals surface area contributed by atoms with E-state index >= 15 is 0 Å². The van der Waals surface area contributed by atoms with Crippen LogP contribution in [0.5, 0.6) is 11.6 Å². The Morgan fingerprint density at radius 2 is 1.96 bits per heavy atom. The Morgan fingerprint density at radius 1 is 1.20 bits per heavy atom. The van der Waals surface area contributed by atoms with Crippen molar-refractivity contribution < 1.29 is 9.53 Å². The molecule has 0 saturated heterocycles. The lowest BCUT2D eigenvalue weighted by Crippen LogP contribution is -2.10. The normalized spacial score (nSPS) is 10.1. The maximum atomic E-state index is 12.0. The summed E-state index contributed by atoms with van der Waals surface area (Å²) in [6.45, 7) is 3.59. The molecule has 0 spiro atoms. The van der Waals surface area contributed by atoms with Crippen LogP contribution in [0.2, 0.25) is 0 Å². The number of aromatic nitrogens is 2. The van der Waals surface area contributed by atoms with E-state index < -0.39 is 0 Å². The summed E-state index contributed by atoms with van der Waals surface area (Å²) in [6, 6.07) is 10.7. The van der Waals surface area contributed by atoms with Crippen molar-refractivity contribution in [3.8, 4) is 17.7 Å². The van der Waals surface area contributed by atoms with Crippen LogP contribution in [-0.4, -0.2) is 16.1 Å². The third-order valence-corrected chi connectivity index (χ3v) is 4.33. The quantitative estimate of drug-likeness (QED) is 0.766. The van der Waals surface area contributed by atoms with Gasteiger partial charge >= 0.3 is 0 Å². The molecule has 1 N–H and O–H groups in total. The van der Waals surface area contributed by atoms with Crippen molar-refractivity contribution in [1.82, 2.24) is 10.2 Å². The monoisotopic (exact) mass is 350 g/mol. The van der Waals surface area contributed by atoms with Crippen molar-refractivity contribution >= 4 is 22.9 Å². The number of carbonyl (C=O) groups is 1. The zero-order valence-electron chi connectivity index (χ0n) is 13.6. The molecule has 3 rings (SSSR count). The Bertz CT molecular complexity index is 944. The van der Waals surface area contributed by atoms with Gasteiger partial charge in [0.2, 0.25) is 0 Å². The van der Waals surface area contributed by atoms with E-state index in [0.717, 1.165) is 5.56 Å². The van der Waals surface area contributed by atoms with Crippen LogP contribution >= 0.6 is 11.3 Å². The number of hydrogen-bond donors (Lipinski definition) is 1. The molecule has 0 aliphatic rings. The summed E-state index contributed by atoms with van der Waals surface area (Å²) in [7, 11) is 0. The maximum Gasteiger partial charge on any atom is 0.257 e. The van der Waals surface area contributed by atoms with Crippen LogP contribution in [0.1, 0.15) is 27.2 Å². The van der Waals surface area contributed by atoms with E-state index in [1.54, 1.807) is 49.6 Å². The summed E-state index contributed by atoms with van der Waals surface area (Å²) in [5, 5.41) is 23.7. The van der Waals surface area contributed by atoms with Gasteiger partial charge in [0.25, 0.3) is 11.8 Å². The highest BCUT2D eigenvalue weighted by atomic mass is 32.1. The van der Waals surface area contributed by atoms with Gasteiger partial charge in [0.1, 0.15) is 17.4 Å². The first-order chi connectivity index (χ1) is 12.1. The predicted octanol–water partition coefficient (Wildman–Crippen LogP) is 4.07. The Morgan fingerprint density at radius 3 is 2.60 bits per heavy atom. The molecule has 7 heteroatoms. The number of ether oxygens (including phenoxy) is 1. The largest absolute Gasteiger partial charge is 0.437 e. The van der Waals surface area contributed by atoms with Crippen molar-refractivity contribution in [3.05, 3.63) is 63.5 Å². The molecule has 0 fully saturated rings.